The normalized spacial score (nSPS) is 10.7. The van der Waals surface area contributed by atoms with E-state index in [9.17, 15) is 14.9 Å². The van der Waals surface area contributed by atoms with Crippen LogP contribution in [0.2, 0.25) is 5.02 Å². The number of H-pyrrole nitrogens is 1. The highest BCUT2D eigenvalue weighted by Gasteiger charge is 2.22. The van der Waals surface area contributed by atoms with Gasteiger partial charge >= 0.3 is 5.69 Å². The molecule has 0 radical (unpaired) electrons. The molecule has 0 saturated heterocycles. The maximum atomic E-state index is 11.8. The highest BCUT2D eigenvalue weighted by atomic mass is 35.5. The van der Waals surface area contributed by atoms with Crippen LogP contribution in [0.3, 0.4) is 0 Å². The molecular weight excluding hydrogens is 312 g/mol. The standard InChI is InChI=1S/C12H15ClN6O3/c1-7-10(13)8(2)18(17-7)5-3-4-14-12(20)11-9(19(21)22)6-15-16-11/h6H,3-5H2,1-2H3,(H,14,20)(H,15,16). The third-order valence-corrected chi connectivity index (χ3v) is 3.72. The Morgan fingerprint density at radius 3 is 2.86 bits per heavy atom. The molecule has 9 nitrogen and oxygen atoms in total. The molecule has 2 aromatic rings. The number of aromatic nitrogens is 4. The van der Waals surface area contributed by atoms with Gasteiger partial charge in [-0.05, 0) is 20.3 Å². The summed E-state index contributed by atoms with van der Waals surface area (Å²) in [7, 11) is 0. The SMILES string of the molecule is Cc1nn(CCCNC(=O)c2[nH]ncc2[N+](=O)[O-])c(C)c1Cl. The van der Waals surface area contributed by atoms with Gasteiger partial charge in [0, 0.05) is 13.1 Å². The summed E-state index contributed by atoms with van der Waals surface area (Å²) < 4.78 is 1.77. The van der Waals surface area contributed by atoms with E-state index in [0.29, 0.717) is 24.5 Å². The van der Waals surface area contributed by atoms with Crippen LogP contribution in [0.25, 0.3) is 0 Å². The quantitative estimate of drug-likeness (QED) is 0.475. The average molecular weight is 327 g/mol. The van der Waals surface area contributed by atoms with Gasteiger partial charge in [0.2, 0.25) is 5.69 Å². The molecule has 0 aliphatic carbocycles. The number of aryl methyl sites for hydroxylation is 2. The Hall–Kier alpha value is -2.42. The molecule has 118 valence electrons. The summed E-state index contributed by atoms with van der Waals surface area (Å²) in [5.41, 5.74) is 1.13. The zero-order valence-electron chi connectivity index (χ0n) is 12.1. The molecule has 0 unspecified atom stereocenters. The summed E-state index contributed by atoms with van der Waals surface area (Å²) in [6.45, 7) is 4.63. The maximum Gasteiger partial charge on any atom is 0.319 e. The van der Waals surface area contributed by atoms with Crippen molar-refractivity contribution in [3.8, 4) is 0 Å². The number of hydrogen-bond donors (Lipinski definition) is 2. The fraction of sp³-hybridized carbons (Fsp3) is 0.417. The monoisotopic (exact) mass is 326 g/mol. The van der Waals surface area contributed by atoms with E-state index in [-0.39, 0.29) is 11.4 Å². The van der Waals surface area contributed by atoms with E-state index in [1.165, 1.54) is 0 Å². The van der Waals surface area contributed by atoms with Gasteiger partial charge in [0.1, 0.15) is 6.20 Å². The van der Waals surface area contributed by atoms with Crippen molar-refractivity contribution in [1.82, 2.24) is 25.3 Å². The van der Waals surface area contributed by atoms with E-state index in [1.807, 2.05) is 13.8 Å². The lowest BCUT2D eigenvalue weighted by atomic mass is 10.3. The fourth-order valence-corrected chi connectivity index (χ4v) is 2.13. The van der Waals surface area contributed by atoms with Gasteiger partial charge in [0.25, 0.3) is 5.91 Å². The topological polar surface area (TPSA) is 119 Å². The number of aromatic amines is 1. The minimum atomic E-state index is -0.656. The van der Waals surface area contributed by atoms with Gasteiger partial charge in [0.05, 0.1) is 21.3 Å². The number of amides is 1. The van der Waals surface area contributed by atoms with Crippen molar-refractivity contribution in [2.24, 2.45) is 0 Å². The zero-order chi connectivity index (χ0) is 16.3. The second-order valence-electron chi connectivity index (χ2n) is 4.70. The molecule has 0 bridgehead atoms. The zero-order valence-corrected chi connectivity index (χ0v) is 12.8. The Morgan fingerprint density at radius 2 is 2.27 bits per heavy atom. The number of nitrogens with one attached hydrogen (secondary N) is 2. The van der Waals surface area contributed by atoms with Crippen molar-refractivity contribution in [3.05, 3.63) is 38.4 Å². The van der Waals surface area contributed by atoms with E-state index < -0.39 is 10.8 Å². The number of rotatable bonds is 6. The van der Waals surface area contributed by atoms with Gasteiger partial charge in [-0.3, -0.25) is 24.7 Å². The molecule has 0 aliphatic heterocycles. The van der Waals surface area contributed by atoms with E-state index in [2.05, 4.69) is 20.6 Å². The lowest BCUT2D eigenvalue weighted by Gasteiger charge is -2.05. The molecule has 2 rings (SSSR count). The van der Waals surface area contributed by atoms with Gasteiger partial charge in [0.15, 0.2) is 0 Å². The highest BCUT2D eigenvalue weighted by molar-refractivity contribution is 6.31. The number of halogens is 1. The van der Waals surface area contributed by atoms with Crippen LogP contribution >= 0.6 is 11.6 Å². The number of carbonyl (C=O) groups is 1. The summed E-state index contributed by atoms with van der Waals surface area (Å²) in [4.78, 5) is 21.9. The Morgan fingerprint density at radius 1 is 1.55 bits per heavy atom. The van der Waals surface area contributed by atoms with Crippen molar-refractivity contribution in [2.45, 2.75) is 26.8 Å². The smallest absolute Gasteiger partial charge is 0.319 e. The largest absolute Gasteiger partial charge is 0.350 e. The van der Waals surface area contributed by atoms with Crippen molar-refractivity contribution < 1.29 is 9.72 Å². The van der Waals surface area contributed by atoms with E-state index in [0.717, 1.165) is 17.6 Å². The minimum absolute atomic E-state index is 0.154. The second kappa shape index (κ2) is 6.56. The summed E-state index contributed by atoms with van der Waals surface area (Å²) in [5, 5.41) is 24.1. The summed E-state index contributed by atoms with van der Waals surface area (Å²) >= 11 is 6.05. The highest BCUT2D eigenvalue weighted by Crippen LogP contribution is 2.19. The van der Waals surface area contributed by atoms with Gasteiger partial charge < -0.3 is 5.32 Å². The fourth-order valence-electron chi connectivity index (χ4n) is 2.00. The van der Waals surface area contributed by atoms with Crippen LogP contribution in [0, 0.1) is 24.0 Å². The molecule has 2 aromatic heterocycles. The summed E-state index contributed by atoms with van der Waals surface area (Å²) in [5.74, 6) is -0.560. The Bertz CT molecular complexity index is 708. The number of nitro groups is 1. The second-order valence-corrected chi connectivity index (χ2v) is 5.08. The molecule has 0 aromatic carbocycles. The lowest BCUT2D eigenvalue weighted by molar-refractivity contribution is -0.385. The molecule has 0 fully saturated rings. The lowest BCUT2D eigenvalue weighted by Crippen LogP contribution is -2.26. The van der Waals surface area contributed by atoms with Crippen LogP contribution in [0.1, 0.15) is 28.3 Å². The Labute approximate surface area is 130 Å². The van der Waals surface area contributed by atoms with Crippen molar-refractivity contribution in [3.63, 3.8) is 0 Å². The van der Waals surface area contributed by atoms with Crippen LogP contribution in [0.15, 0.2) is 6.20 Å². The number of carbonyl (C=O) groups excluding carboxylic acids is 1. The van der Waals surface area contributed by atoms with E-state index in [4.69, 9.17) is 11.6 Å². The van der Waals surface area contributed by atoms with Crippen LogP contribution in [-0.4, -0.2) is 37.4 Å². The maximum absolute atomic E-state index is 11.8. The van der Waals surface area contributed by atoms with Gasteiger partial charge in [-0.2, -0.15) is 10.2 Å². The Kier molecular flexibility index (Phi) is 4.76. The molecule has 0 atom stereocenters. The van der Waals surface area contributed by atoms with Crippen molar-refractivity contribution in [2.75, 3.05) is 6.54 Å². The number of hydrogen-bond acceptors (Lipinski definition) is 5. The first-order valence-corrected chi connectivity index (χ1v) is 6.95. The molecule has 0 saturated carbocycles. The third-order valence-electron chi connectivity index (χ3n) is 3.17. The predicted molar refractivity (Wildman–Crippen MR) is 78.9 cm³/mol. The third kappa shape index (κ3) is 3.25. The predicted octanol–water partition coefficient (Wildman–Crippen LogP) is 1.60. The van der Waals surface area contributed by atoms with Crippen LogP contribution in [0.5, 0.6) is 0 Å². The first-order chi connectivity index (χ1) is 10.4. The average Bonchev–Trinajstić information content (AvgIpc) is 3.05. The first-order valence-electron chi connectivity index (χ1n) is 6.57. The van der Waals surface area contributed by atoms with Gasteiger partial charge in [-0.25, -0.2) is 0 Å². The summed E-state index contributed by atoms with van der Waals surface area (Å²) in [6, 6.07) is 0. The minimum Gasteiger partial charge on any atom is -0.350 e. The van der Waals surface area contributed by atoms with Crippen molar-refractivity contribution in [1.29, 1.82) is 0 Å². The van der Waals surface area contributed by atoms with Gasteiger partial charge in [-0.1, -0.05) is 11.6 Å². The molecule has 1 amide bonds. The van der Waals surface area contributed by atoms with Crippen LogP contribution in [0.4, 0.5) is 5.69 Å². The number of nitrogens with zero attached hydrogens (tertiary/aromatic N) is 4. The van der Waals surface area contributed by atoms with Crippen LogP contribution in [-0.2, 0) is 6.54 Å². The molecule has 0 spiro atoms. The van der Waals surface area contributed by atoms with E-state index in [1.54, 1.807) is 4.68 Å². The Balaban J connectivity index is 1.86. The summed E-state index contributed by atoms with van der Waals surface area (Å²) in [6.07, 6.45) is 1.62. The van der Waals surface area contributed by atoms with Crippen LogP contribution < -0.4 is 5.32 Å². The van der Waals surface area contributed by atoms with Crippen molar-refractivity contribution >= 4 is 23.2 Å². The van der Waals surface area contributed by atoms with Gasteiger partial charge in [-0.15, -0.1) is 0 Å². The molecule has 10 heteroatoms. The molecule has 2 heterocycles. The molecule has 0 aliphatic rings. The first kappa shape index (κ1) is 16.0. The van der Waals surface area contributed by atoms with E-state index >= 15 is 0 Å². The molecule has 22 heavy (non-hydrogen) atoms. The molecule has 2 N–H and O–H groups in total. The molecular formula is C12H15ClN6O3.